The van der Waals surface area contributed by atoms with E-state index >= 15 is 0 Å². The highest BCUT2D eigenvalue weighted by molar-refractivity contribution is 7.13. The zero-order valence-corrected chi connectivity index (χ0v) is 11.1. The number of hydrogen-bond donors (Lipinski definition) is 2. The Morgan fingerprint density at radius 1 is 1.35 bits per heavy atom. The summed E-state index contributed by atoms with van der Waals surface area (Å²) in [4.78, 5) is 26.8. The molecule has 1 aromatic rings. The number of carboxylic acid groups (broad SMARTS) is 1. The van der Waals surface area contributed by atoms with Crippen molar-refractivity contribution in [2.24, 2.45) is 5.92 Å². The Morgan fingerprint density at radius 2 is 1.94 bits per heavy atom. The van der Waals surface area contributed by atoms with Gasteiger partial charge in [-0.2, -0.15) is 0 Å². The van der Waals surface area contributed by atoms with Crippen molar-refractivity contribution < 1.29 is 14.7 Å². The summed E-state index contributed by atoms with van der Waals surface area (Å²) < 4.78 is 0. The smallest absolute Gasteiger partial charge is 0.347 e. The minimum Gasteiger partial charge on any atom is -0.477 e. The summed E-state index contributed by atoms with van der Waals surface area (Å²) in [5, 5.41) is 12.3. The fraction of sp³-hybridized carbons (Fsp3) is 0.545. The molecule has 0 radical (unpaired) electrons. The molecule has 0 saturated carbocycles. The van der Waals surface area contributed by atoms with Gasteiger partial charge < -0.3 is 10.4 Å². The molecular formula is C11H16N2O3S. The molecule has 1 amide bonds. The predicted molar refractivity (Wildman–Crippen MR) is 65.2 cm³/mol. The molecule has 0 aromatic carbocycles. The van der Waals surface area contributed by atoms with Gasteiger partial charge in [0, 0.05) is 5.92 Å². The number of aryl methyl sites for hydroxylation is 1. The van der Waals surface area contributed by atoms with E-state index in [0.29, 0.717) is 10.7 Å². The monoisotopic (exact) mass is 256 g/mol. The van der Waals surface area contributed by atoms with Crippen LogP contribution in [0, 0.1) is 12.8 Å². The standard InChI is InChI=1S/C11H16N2O3S/c1-5(2)9(14)12-7(4)10-13-6(3)8(17-10)11(15)16/h5,7H,1-4H3,(H,12,14)(H,15,16). The Labute approximate surface area is 104 Å². The molecule has 0 spiro atoms. The van der Waals surface area contributed by atoms with Gasteiger partial charge >= 0.3 is 5.97 Å². The molecule has 0 aliphatic heterocycles. The van der Waals surface area contributed by atoms with E-state index in [2.05, 4.69) is 10.3 Å². The van der Waals surface area contributed by atoms with E-state index in [0.717, 1.165) is 11.3 Å². The number of hydrogen-bond acceptors (Lipinski definition) is 4. The van der Waals surface area contributed by atoms with E-state index in [1.165, 1.54) is 0 Å². The number of carboxylic acids is 1. The Morgan fingerprint density at radius 3 is 2.35 bits per heavy atom. The minimum atomic E-state index is -0.978. The minimum absolute atomic E-state index is 0.0674. The lowest BCUT2D eigenvalue weighted by Gasteiger charge is -2.12. The van der Waals surface area contributed by atoms with E-state index in [-0.39, 0.29) is 22.7 Å². The summed E-state index contributed by atoms with van der Waals surface area (Å²) in [6, 6.07) is -0.262. The van der Waals surface area contributed by atoms with Crippen LogP contribution in [0.4, 0.5) is 0 Å². The van der Waals surface area contributed by atoms with Gasteiger partial charge in [-0.15, -0.1) is 11.3 Å². The SMILES string of the molecule is Cc1nc(C(C)NC(=O)C(C)C)sc1C(=O)O. The van der Waals surface area contributed by atoms with Gasteiger partial charge in [-0.05, 0) is 13.8 Å². The molecule has 6 heteroatoms. The lowest BCUT2D eigenvalue weighted by molar-refractivity contribution is -0.124. The average molecular weight is 256 g/mol. The van der Waals surface area contributed by atoms with Crippen molar-refractivity contribution in [3.8, 4) is 0 Å². The van der Waals surface area contributed by atoms with Crippen LogP contribution in [0.1, 0.15) is 47.2 Å². The van der Waals surface area contributed by atoms with Gasteiger partial charge in [0.15, 0.2) is 0 Å². The summed E-state index contributed by atoms with van der Waals surface area (Å²) in [6.45, 7) is 7.06. The normalized spacial score (nSPS) is 12.5. The van der Waals surface area contributed by atoms with Crippen molar-refractivity contribution in [2.75, 3.05) is 0 Å². The summed E-state index contributed by atoms with van der Waals surface area (Å²) in [5.74, 6) is -1.15. The number of carbonyl (C=O) groups is 2. The molecule has 1 heterocycles. The highest BCUT2D eigenvalue weighted by Crippen LogP contribution is 2.23. The van der Waals surface area contributed by atoms with Gasteiger partial charge in [-0.25, -0.2) is 9.78 Å². The molecule has 1 atom stereocenters. The van der Waals surface area contributed by atoms with E-state index < -0.39 is 5.97 Å². The lowest BCUT2D eigenvalue weighted by Crippen LogP contribution is -2.30. The Kier molecular flexibility index (Phi) is 4.22. The number of rotatable bonds is 4. The fourth-order valence-electron chi connectivity index (χ4n) is 1.24. The average Bonchev–Trinajstić information content (AvgIpc) is 2.60. The van der Waals surface area contributed by atoms with Crippen molar-refractivity contribution in [1.29, 1.82) is 0 Å². The van der Waals surface area contributed by atoms with E-state index in [1.807, 2.05) is 0 Å². The molecule has 94 valence electrons. The third kappa shape index (κ3) is 3.26. The van der Waals surface area contributed by atoms with Gasteiger partial charge in [-0.1, -0.05) is 13.8 Å². The van der Waals surface area contributed by atoms with Crippen LogP contribution in [-0.4, -0.2) is 22.0 Å². The van der Waals surface area contributed by atoms with Gasteiger partial charge in [0.1, 0.15) is 9.88 Å². The Hall–Kier alpha value is -1.43. The molecule has 17 heavy (non-hydrogen) atoms. The van der Waals surface area contributed by atoms with Gasteiger partial charge in [0.05, 0.1) is 11.7 Å². The zero-order chi connectivity index (χ0) is 13.2. The third-order valence-electron chi connectivity index (χ3n) is 2.26. The van der Waals surface area contributed by atoms with Gasteiger partial charge in [-0.3, -0.25) is 4.79 Å². The fourth-order valence-corrected chi connectivity index (χ4v) is 2.15. The van der Waals surface area contributed by atoms with Crippen LogP contribution in [0.3, 0.4) is 0 Å². The number of nitrogens with zero attached hydrogens (tertiary/aromatic N) is 1. The molecule has 1 aromatic heterocycles. The van der Waals surface area contributed by atoms with Crippen molar-refractivity contribution >= 4 is 23.2 Å². The third-order valence-corrected chi connectivity index (χ3v) is 3.59. The maximum atomic E-state index is 11.5. The summed E-state index contributed by atoms with van der Waals surface area (Å²) in [5.41, 5.74) is 0.489. The summed E-state index contributed by atoms with van der Waals surface area (Å²) >= 11 is 1.10. The summed E-state index contributed by atoms with van der Waals surface area (Å²) in [6.07, 6.45) is 0. The van der Waals surface area contributed by atoms with E-state index in [9.17, 15) is 9.59 Å². The van der Waals surface area contributed by atoms with Crippen LogP contribution in [-0.2, 0) is 4.79 Å². The maximum Gasteiger partial charge on any atom is 0.347 e. The Bertz CT molecular complexity index is 440. The first-order valence-electron chi connectivity index (χ1n) is 5.34. The number of aromatic carboxylic acids is 1. The van der Waals surface area contributed by atoms with Crippen LogP contribution in [0.25, 0.3) is 0 Å². The number of thiazole rings is 1. The van der Waals surface area contributed by atoms with Crippen molar-refractivity contribution in [3.05, 3.63) is 15.6 Å². The van der Waals surface area contributed by atoms with Crippen LogP contribution in [0.15, 0.2) is 0 Å². The molecule has 0 aliphatic carbocycles. The van der Waals surface area contributed by atoms with Crippen LogP contribution in [0.2, 0.25) is 0 Å². The molecule has 5 nitrogen and oxygen atoms in total. The number of aromatic nitrogens is 1. The second-order valence-electron chi connectivity index (χ2n) is 4.16. The highest BCUT2D eigenvalue weighted by Gasteiger charge is 2.19. The maximum absolute atomic E-state index is 11.5. The van der Waals surface area contributed by atoms with Gasteiger partial charge in [0.25, 0.3) is 0 Å². The number of nitrogens with one attached hydrogen (secondary N) is 1. The topological polar surface area (TPSA) is 79.3 Å². The first-order valence-corrected chi connectivity index (χ1v) is 6.15. The van der Waals surface area contributed by atoms with Crippen molar-refractivity contribution in [3.63, 3.8) is 0 Å². The molecular weight excluding hydrogens is 240 g/mol. The second-order valence-corrected chi connectivity index (χ2v) is 5.19. The molecule has 2 N–H and O–H groups in total. The summed E-state index contributed by atoms with van der Waals surface area (Å²) in [7, 11) is 0. The van der Waals surface area contributed by atoms with Gasteiger partial charge in [0.2, 0.25) is 5.91 Å². The van der Waals surface area contributed by atoms with Crippen LogP contribution in [0.5, 0.6) is 0 Å². The van der Waals surface area contributed by atoms with Crippen molar-refractivity contribution in [1.82, 2.24) is 10.3 Å². The second kappa shape index (κ2) is 5.27. The molecule has 0 bridgehead atoms. The molecule has 0 aliphatic rings. The number of amides is 1. The van der Waals surface area contributed by atoms with Crippen molar-refractivity contribution in [2.45, 2.75) is 33.7 Å². The largest absolute Gasteiger partial charge is 0.477 e. The number of carbonyl (C=O) groups excluding carboxylic acids is 1. The highest BCUT2D eigenvalue weighted by atomic mass is 32.1. The lowest BCUT2D eigenvalue weighted by atomic mass is 10.2. The van der Waals surface area contributed by atoms with E-state index in [1.54, 1.807) is 27.7 Å². The molecule has 0 fully saturated rings. The van der Waals surface area contributed by atoms with E-state index in [4.69, 9.17) is 5.11 Å². The van der Waals surface area contributed by atoms with Crippen LogP contribution < -0.4 is 5.32 Å². The molecule has 1 rings (SSSR count). The first-order chi connectivity index (χ1) is 7.82. The quantitative estimate of drug-likeness (QED) is 0.863. The zero-order valence-electron chi connectivity index (χ0n) is 10.3. The van der Waals surface area contributed by atoms with Crippen LogP contribution >= 0.6 is 11.3 Å². The Balaban J connectivity index is 2.83. The first kappa shape index (κ1) is 13.6. The predicted octanol–water partition coefficient (Wildman–Crippen LogP) is 1.98. The molecule has 1 unspecified atom stereocenters. The molecule has 0 saturated heterocycles.